The van der Waals surface area contributed by atoms with Crippen LogP contribution in [0.15, 0.2) is 48.5 Å². The van der Waals surface area contributed by atoms with Gasteiger partial charge < -0.3 is 9.80 Å². The maximum atomic E-state index is 12.3. The van der Waals surface area contributed by atoms with Gasteiger partial charge in [-0.2, -0.15) is 5.26 Å². The Balaban J connectivity index is 1.86. The van der Waals surface area contributed by atoms with E-state index >= 15 is 0 Å². The van der Waals surface area contributed by atoms with Crippen molar-refractivity contribution in [3.05, 3.63) is 65.2 Å². The first-order valence-corrected chi connectivity index (χ1v) is 7.99. The molecule has 0 aliphatic carbocycles. The number of hydrogen-bond acceptors (Lipinski definition) is 3. The zero-order valence-corrected chi connectivity index (χ0v) is 14.5. The highest BCUT2D eigenvalue weighted by molar-refractivity contribution is 5.76. The Kier molecular flexibility index (Phi) is 5.97. The normalized spacial score (nSPS) is 10.1. The molecule has 0 unspecified atom stereocenters. The van der Waals surface area contributed by atoms with Crippen molar-refractivity contribution in [1.29, 1.82) is 5.26 Å². The highest BCUT2D eigenvalue weighted by Crippen LogP contribution is 2.14. The molecule has 24 heavy (non-hydrogen) atoms. The van der Waals surface area contributed by atoms with Crippen LogP contribution in [0.3, 0.4) is 0 Å². The molecule has 0 radical (unpaired) electrons. The number of anilines is 1. The van der Waals surface area contributed by atoms with Crippen molar-refractivity contribution < 1.29 is 4.79 Å². The average Bonchev–Trinajstić information content (AvgIpc) is 2.60. The SMILES string of the molecule is CN(Cc1ccc(N(C)C)cc1)C(=O)CCc1ccc(C#N)cc1. The van der Waals surface area contributed by atoms with E-state index < -0.39 is 0 Å². The monoisotopic (exact) mass is 321 g/mol. The first-order chi connectivity index (χ1) is 11.5. The molecule has 4 heteroatoms. The van der Waals surface area contributed by atoms with Crippen LogP contribution in [-0.4, -0.2) is 32.0 Å². The minimum atomic E-state index is 0.121. The van der Waals surface area contributed by atoms with Gasteiger partial charge in [0.2, 0.25) is 5.91 Å². The van der Waals surface area contributed by atoms with E-state index in [9.17, 15) is 4.79 Å². The second kappa shape index (κ2) is 8.16. The second-order valence-corrected chi connectivity index (χ2v) is 6.12. The third kappa shape index (κ3) is 4.85. The van der Waals surface area contributed by atoms with Gasteiger partial charge in [-0.25, -0.2) is 0 Å². The lowest BCUT2D eigenvalue weighted by molar-refractivity contribution is -0.130. The lowest BCUT2D eigenvalue weighted by Gasteiger charge is -2.18. The number of hydrogen-bond donors (Lipinski definition) is 0. The summed E-state index contributed by atoms with van der Waals surface area (Å²) in [7, 11) is 5.85. The summed E-state index contributed by atoms with van der Waals surface area (Å²) >= 11 is 0. The van der Waals surface area contributed by atoms with Gasteiger partial charge >= 0.3 is 0 Å². The van der Waals surface area contributed by atoms with Gasteiger partial charge in [-0.15, -0.1) is 0 Å². The summed E-state index contributed by atoms with van der Waals surface area (Å²) in [5, 5.41) is 8.79. The largest absolute Gasteiger partial charge is 0.378 e. The Morgan fingerprint density at radius 2 is 1.54 bits per heavy atom. The molecule has 0 aliphatic heterocycles. The molecule has 2 aromatic carbocycles. The number of nitrogens with zero attached hydrogens (tertiary/aromatic N) is 3. The summed E-state index contributed by atoms with van der Waals surface area (Å²) in [5.74, 6) is 0.121. The van der Waals surface area contributed by atoms with Gasteiger partial charge in [0.05, 0.1) is 11.6 Å². The number of aryl methyl sites for hydroxylation is 1. The predicted molar refractivity (Wildman–Crippen MR) is 96.7 cm³/mol. The van der Waals surface area contributed by atoms with Crippen molar-refractivity contribution in [3.8, 4) is 6.07 Å². The fourth-order valence-electron chi connectivity index (χ4n) is 2.45. The summed E-state index contributed by atoms with van der Waals surface area (Å²) in [5.41, 5.74) is 3.98. The van der Waals surface area contributed by atoms with E-state index in [-0.39, 0.29) is 5.91 Å². The summed E-state index contributed by atoms with van der Waals surface area (Å²) in [6, 6.07) is 17.7. The van der Waals surface area contributed by atoms with E-state index in [1.807, 2.05) is 33.3 Å². The summed E-state index contributed by atoms with van der Waals surface area (Å²) in [6.07, 6.45) is 1.16. The molecular formula is C20H23N3O. The van der Waals surface area contributed by atoms with Crippen LogP contribution in [0.2, 0.25) is 0 Å². The van der Waals surface area contributed by atoms with Crippen molar-refractivity contribution in [2.75, 3.05) is 26.0 Å². The number of amides is 1. The summed E-state index contributed by atoms with van der Waals surface area (Å²) in [6.45, 7) is 0.611. The molecule has 0 saturated carbocycles. The van der Waals surface area contributed by atoms with Gasteiger partial charge in [0, 0.05) is 39.8 Å². The highest BCUT2D eigenvalue weighted by Gasteiger charge is 2.10. The van der Waals surface area contributed by atoms with E-state index in [1.54, 1.807) is 17.0 Å². The smallest absolute Gasteiger partial charge is 0.222 e. The number of benzene rings is 2. The molecule has 0 heterocycles. The van der Waals surface area contributed by atoms with Crippen LogP contribution < -0.4 is 4.90 Å². The van der Waals surface area contributed by atoms with E-state index in [4.69, 9.17) is 5.26 Å². The molecule has 124 valence electrons. The van der Waals surface area contributed by atoms with Gasteiger partial charge in [0.15, 0.2) is 0 Å². The van der Waals surface area contributed by atoms with E-state index in [0.29, 0.717) is 24.9 Å². The molecule has 4 nitrogen and oxygen atoms in total. The Hall–Kier alpha value is -2.80. The second-order valence-electron chi connectivity index (χ2n) is 6.12. The number of rotatable bonds is 6. The maximum Gasteiger partial charge on any atom is 0.222 e. The fraction of sp³-hybridized carbons (Fsp3) is 0.300. The predicted octanol–water partition coefficient (Wildman–Crippen LogP) is 3.22. The molecular weight excluding hydrogens is 298 g/mol. The van der Waals surface area contributed by atoms with Crippen molar-refractivity contribution in [3.63, 3.8) is 0 Å². The summed E-state index contributed by atoms with van der Waals surface area (Å²) in [4.78, 5) is 16.1. The van der Waals surface area contributed by atoms with Crippen LogP contribution >= 0.6 is 0 Å². The molecule has 1 amide bonds. The standard InChI is InChI=1S/C20H23N3O/c1-22(2)19-11-8-18(9-12-19)15-23(3)20(24)13-10-16-4-6-17(14-21)7-5-16/h4-9,11-12H,10,13,15H2,1-3H3. The minimum absolute atomic E-state index is 0.121. The zero-order valence-electron chi connectivity index (χ0n) is 14.5. The van der Waals surface area contributed by atoms with Crippen LogP contribution in [-0.2, 0) is 17.8 Å². The third-order valence-corrected chi connectivity index (χ3v) is 4.01. The molecule has 0 aromatic heterocycles. The lowest BCUT2D eigenvalue weighted by atomic mass is 10.1. The molecule has 0 N–H and O–H groups in total. The number of carbonyl (C=O) groups is 1. The zero-order chi connectivity index (χ0) is 17.5. The van der Waals surface area contributed by atoms with Crippen LogP contribution in [0, 0.1) is 11.3 Å². The van der Waals surface area contributed by atoms with Crippen molar-refractivity contribution in [2.24, 2.45) is 0 Å². The van der Waals surface area contributed by atoms with Crippen LogP contribution in [0.5, 0.6) is 0 Å². The highest BCUT2D eigenvalue weighted by atomic mass is 16.2. The van der Waals surface area contributed by atoms with Gasteiger partial charge in [-0.1, -0.05) is 24.3 Å². The Morgan fingerprint density at radius 1 is 0.958 bits per heavy atom. The molecule has 0 saturated heterocycles. The molecule has 0 spiro atoms. The molecule has 0 aliphatic rings. The Bertz CT molecular complexity index is 712. The lowest BCUT2D eigenvalue weighted by Crippen LogP contribution is -2.26. The number of carbonyl (C=O) groups excluding carboxylic acids is 1. The topological polar surface area (TPSA) is 47.3 Å². The first-order valence-electron chi connectivity index (χ1n) is 7.99. The third-order valence-electron chi connectivity index (χ3n) is 4.01. The Morgan fingerprint density at radius 3 is 2.08 bits per heavy atom. The first kappa shape index (κ1) is 17.6. The minimum Gasteiger partial charge on any atom is -0.378 e. The van der Waals surface area contributed by atoms with Gasteiger partial charge in [-0.05, 0) is 41.8 Å². The van der Waals surface area contributed by atoms with Crippen molar-refractivity contribution in [1.82, 2.24) is 4.90 Å². The van der Waals surface area contributed by atoms with E-state index in [2.05, 4.69) is 35.2 Å². The van der Waals surface area contributed by atoms with Crippen LogP contribution in [0.1, 0.15) is 23.1 Å². The summed E-state index contributed by atoms with van der Waals surface area (Å²) < 4.78 is 0. The van der Waals surface area contributed by atoms with Gasteiger partial charge in [0.1, 0.15) is 0 Å². The fourth-order valence-corrected chi connectivity index (χ4v) is 2.45. The average molecular weight is 321 g/mol. The molecule has 2 rings (SSSR count). The Labute approximate surface area is 143 Å². The van der Waals surface area contributed by atoms with E-state index in [1.165, 1.54) is 0 Å². The quantitative estimate of drug-likeness (QED) is 0.821. The van der Waals surface area contributed by atoms with Crippen LogP contribution in [0.4, 0.5) is 5.69 Å². The van der Waals surface area contributed by atoms with Gasteiger partial charge in [-0.3, -0.25) is 4.79 Å². The van der Waals surface area contributed by atoms with E-state index in [0.717, 1.165) is 16.8 Å². The maximum absolute atomic E-state index is 12.3. The molecule has 0 fully saturated rings. The number of nitriles is 1. The van der Waals surface area contributed by atoms with Gasteiger partial charge in [0.25, 0.3) is 0 Å². The molecule has 2 aromatic rings. The van der Waals surface area contributed by atoms with Crippen molar-refractivity contribution in [2.45, 2.75) is 19.4 Å². The van der Waals surface area contributed by atoms with Crippen LogP contribution in [0.25, 0.3) is 0 Å². The van der Waals surface area contributed by atoms with Crippen molar-refractivity contribution >= 4 is 11.6 Å². The molecule has 0 atom stereocenters. The molecule has 0 bridgehead atoms.